The molecule has 0 fully saturated rings. The van der Waals surface area contributed by atoms with Crippen molar-refractivity contribution >= 4 is 5.91 Å². The normalized spacial score (nSPS) is 12.4. The number of furan rings is 1. The van der Waals surface area contributed by atoms with Crippen LogP contribution in [-0.2, 0) is 6.42 Å². The summed E-state index contributed by atoms with van der Waals surface area (Å²) in [6.07, 6.45) is 0.758. The number of tetrazole rings is 1. The van der Waals surface area contributed by atoms with Crippen molar-refractivity contribution in [2.75, 3.05) is 0 Å². The zero-order chi connectivity index (χ0) is 12.3. The van der Waals surface area contributed by atoms with Crippen LogP contribution in [-0.4, -0.2) is 26.5 Å². The first kappa shape index (κ1) is 11.3. The Morgan fingerprint density at radius 2 is 2.41 bits per heavy atom. The summed E-state index contributed by atoms with van der Waals surface area (Å²) in [7, 11) is 0. The highest BCUT2D eigenvalue weighted by Gasteiger charge is 2.17. The predicted octanol–water partition coefficient (Wildman–Crippen LogP) is 0.846. The lowest BCUT2D eigenvalue weighted by Crippen LogP contribution is -2.27. The van der Waals surface area contributed by atoms with Crippen molar-refractivity contribution in [1.82, 2.24) is 25.9 Å². The molecule has 2 rings (SSSR count). The molecule has 0 aromatic carbocycles. The van der Waals surface area contributed by atoms with Crippen LogP contribution in [0.3, 0.4) is 0 Å². The monoisotopic (exact) mass is 235 g/mol. The number of aromatic amines is 1. The van der Waals surface area contributed by atoms with Crippen LogP contribution < -0.4 is 5.32 Å². The molecule has 2 heterocycles. The van der Waals surface area contributed by atoms with Crippen LogP contribution in [0.15, 0.2) is 16.5 Å². The number of rotatable bonds is 4. The maximum absolute atomic E-state index is 11.8. The molecule has 0 aliphatic rings. The average Bonchev–Trinajstić information content (AvgIpc) is 3.00. The molecule has 1 unspecified atom stereocenters. The predicted molar refractivity (Wildman–Crippen MR) is 58.1 cm³/mol. The first-order valence-corrected chi connectivity index (χ1v) is 5.33. The van der Waals surface area contributed by atoms with E-state index in [1.54, 1.807) is 19.1 Å². The minimum absolute atomic E-state index is 0.289. The van der Waals surface area contributed by atoms with E-state index in [1.165, 1.54) is 0 Å². The average molecular weight is 235 g/mol. The zero-order valence-electron chi connectivity index (χ0n) is 9.60. The number of carbonyl (C=O) groups excluding carboxylic acids is 1. The third-order valence-corrected chi connectivity index (χ3v) is 2.33. The van der Waals surface area contributed by atoms with E-state index in [2.05, 4.69) is 25.9 Å². The van der Waals surface area contributed by atoms with E-state index in [-0.39, 0.29) is 17.7 Å². The van der Waals surface area contributed by atoms with Gasteiger partial charge in [-0.25, -0.2) is 0 Å². The molecule has 0 radical (unpaired) electrons. The molecule has 0 aliphatic heterocycles. The van der Waals surface area contributed by atoms with E-state index in [0.29, 0.717) is 5.82 Å². The summed E-state index contributed by atoms with van der Waals surface area (Å²) >= 11 is 0. The Morgan fingerprint density at radius 3 is 3.00 bits per heavy atom. The number of nitrogens with zero attached hydrogens (tertiary/aromatic N) is 3. The van der Waals surface area contributed by atoms with E-state index >= 15 is 0 Å². The van der Waals surface area contributed by atoms with Gasteiger partial charge in [0.25, 0.3) is 5.91 Å². The van der Waals surface area contributed by atoms with Crippen LogP contribution in [0, 0.1) is 0 Å². The van der Waals surface area contributed by atoms with Crippen LogP contribution in [0.2, 0.25) is 0 Å². The fraction of sp³-hybridized carbons (Fsp3) is 0.400. The molecule has 1 atom stereocenters. The van der Waals surface area contributed by atoms with E-state index in [9.17, 15) is 4.79 Å². The zero-order valence-corrected chi connectivity index (χ0v) is 9.60. The van der Waals surface area contributed by atoms with Crippen molar-refractivity contribution in [3.8, 4) is 0 Å². The Hall–Kier alpha value is -2.18. The molecule has 0 saturated carbocycles. The second-order valence-corrected chi connectivity index (χ2v) is 3.58. The first-order chi connectivity index (χ1) is 8.20. The van der Waals surface area contributed by atoms with Gasteiger partial charge in [0.1, 0.15) is 5.76 Å². The minimum Gasteiger partial charge on any atom is -0.456 e. The maximum atomic E-state index is 11.8. The second-order valence-electron chi connectivity index (χ2n) is 3.58. The summed E-state index contributed by atoms with van der Waals surface area (Å²) in [6.45, 7) is 3.73. The van der Waals surface area contributed by atoms with Crippen molar-refractivity contribution in [1.29, 1.82) is 0 Å². The van der Waals surface area contributed by atoms with E-state index in [0.717, 1.165) is 12.2 Å². The number of amides is 1. The lowest BCUT2D eigenvalue weighted by atomic mass is 10.3. The van der Waals surface area contributed by atoms with Gasteiger partial charge in [-0.15, -0.1) is 10.2 Å². The van der Waals surface area contributed by atoms with Gasteiger partial charge in [0, 0.05) is 6.42 Å². The van der Waals surface area contributed by atoms with Gasteiger partial charge in [-0.3, -0.25) is 4.79 Å². The number of aryl methyl sites for hydroxylation is 1. The van der Waals surface area contributed by atoms with Gasteiger partial charge < -0.3 is 9.73 Å². The lowest BCUT2D eigenvalue weighted by molar-refractivity contribution is 0.0908. The molecule has 0 saturated heterocycles. The van der Waals surface area contributed by atoms with Crippen molar-refractivity contribution in [2.24, 2.45) is 0 Å². The molecule has 0 aliphatic carbocycles. The molecule has 2 aromatic heterocycles. The quantitative estimate of drug-likeness (QED) is 0.818. The third kappa shape index (κ3) is 2.49. The number of aromatic nitrogens is 4. The van der Waals surface area contributed by atoms with Crippen LogP contribution in [0.1, 0.15) is 42.0 Å². The van der Waals surface area contributed by atoms with Crippen molar-refractivity contribution in [3.05, 3.63) is 29.5 Å². The van der Waals surface area contributed by atoms with Crippen LogP contribution in [0.5, 0.6) is 0 Å². The maximum Gasteiger partial charge on any atom is 0.287 e. The van der Waals surface area contributed by atoms with E-state index < -0.39 is 0 Å². The Labute approximate surface area is 97.6 Å². The summed E-state index contributed by atoms with van der Waals surface area (Å²) in [5.74, 6) is 1.21. The number of hydrogen-bond donors (Lipinski definition) is 2. The smallest absolute Gasteiger partial charge is 0.287 e. The van der Waals surface area contributed by atoms with Gasteiger partial charge >= 0.3 is 0 Å². The molecule has 2 aromatic rings. The Balaban J connectivity index is 2.01. The molecule has 2 N–H and O–H groups in total. The van der Waals surface area contributed by atoms with Crippen molar-refractivity contribution in [2.45, 2.75) is 26.3 Å². The molecule has 0 spiro atoms. The van der Waals surface area contributed by atoms with E-state index in [4.69, 9.17) is 4.42 Å². The van der Waals surface area contributed by atoms with E-state index in [1.807, 2.05) is 6.92 Å². The molecule has 7 nitrogen and oxygen atoms in total. The Bertz CT molecular complexity index is 491. The van der Waals surface area contributed by atoms with Crippen molar-refractivity contribution < 1.29 is 9.21 Å². The van der Waals surface area contributed by atoms with Gasteiger partial charge in [-0.05, 0) is 19.1 Å². The van der Waals surface area contributed by atoms with Crippen LogP contribution in [0.25, 0.3) is 0 Å². The highest BCUT2D eigenvalue weighted by atomic mass is 16.3. The molecular formula is C10H13N5O2. The summed E-state index contributed by atoms with van der Waals surface area (Å²) in [5, 5.41) is 16.1. The van der Waals surface area contributed by atoms with Gasteiger partial charge in [-0.1, -0.05) is 12.1 Å². The summed E-state index contributed by atoms with van der Waals surface area (Å²) < 4.78 is 5.34. The first-order valence-electron chi connectivity index (χ1n) is 5.33. The lowest BCUT2D eigenvalue weighted by Gasteiger charge is -2.07. The van der Waals surface area contributed by atoms with Crippen LogP contribution in [0.4, 0.5) is 0 Å². The van der Waals surface area contributed by atoms with Gasteiger partial charge in [-0.2, -0.15) is 5.21 Å². The second kappa shape index (κ2) is 4.77. The standard InChI is InChI=1S/C10H13N5O2/c1-3-7-4-5-8(17-7)10(16)11-6(2)9-12-14-15-13-9/h4-6H,3H2,1-2H3,(H,11,16)(H,12,13,14,15). The van der Waals surface area contributed by atoms with Crippen LogP contribution >= 0.6 is 0 Å². The van der Waals surface area contributed by atoms with Gasteiger partial charge in [0.05, 0.1) is 6.04 Å². The molecule has 7 heteroatoms. The van der Waals surface area contributed by atoms with Gasteiger partial charge in [0.15, 0.2) is 11.6 Å². The SMILES string of the molecule is CCc1ccc(C(=O)NC(C)c2nn[nH]n2)o1. The summed E-state index contributed by atoms with van der Waals surface area (Å²) in [6, 6.07) is 3.11. The Morgan fingerprint density at radius 1 is 1.59 bits per heavy atom. The largest absolute Gasteiger partial charge is 0.456 e. The topological polar surface area (TPSA) is 96.7 Å². The highest BCUT2D eigenvalue weighted by Crippen LogP contribution is 2.10. The highest BCUT2D eigenvalue weighted by molar-refractivity contribution is 5.91. The third-order valence-electron chi connectivity index (χ3n) is 2.33. The van der Waals surface area contributed by atoms with Crippen molar-refractivity contribution in [3.63, 3.8) is 0 Å². The summed E-state index contributed by atoms with van der Waals surface area (Å²) in [4.78, 5) is 11.8. The number of nitrogens with one attached hydrogen (secondary N) is 2. The number of H-pyrrole nitrogens is 1. The fourth-order valence-corrected chi connectivity index (χ4v) is 1.38. The Kier molecular flexibility index (Phi) is 3.17. The number of hydrogen-bond acceptors (Lipinski definition) is 5. The molecule has 1 amide bonds. The molecular weight excluding hydrogens is 222 g/mol. The summed E-state index contributed by atoms with van der Waals surface area (Å²) in [5.41, 5.74) is 0. The molecule has 17 heavy (non-hydrogen) atoms. The van der Waals surface area contributed by atoms with Gasteiger partial charge in [0.2, 0.25) is 0 Å². The minimum atomic E-state index is -0.323. The number of carbonyl (C=O) groups is 1. The fourth-order valence-electron chi connectivity index (χ4n) is 1.38. The molecule has 0 bridgehead atoms. The molecule has 90 valence electrons.